The summed E-state index contributed by atoms with van der Waals surface area (Å²) < 4.78 is 8.09. The molecule has 0 bridgehead atoms. The normalized spacial score (nSPS) is 28.3. The molecule has 8 heteroatoms. The van der Waals surface area contributed by atoms with Crippen LogP contribution in [0.3, 0.4) is 0 Å². The van der Waals surface area contributed by atoms with Crippen LogP contribution in [0.2, 0.25) is 25.7 Å². The highest BCUT2D eigenvalue weighted by molar-refractivity contribution is 7.71. The zero-order valence-electron chi connectivity index (χ0n) is 14.1. The van der Waals surface area contributed by atoms with E-state index in [2.05, 4.69) is 24.6 Å². The number of aryl methyl sites for hydroxylation is 1. The fourth-order valence-corrected chi connectivity index (χ4v) is 4.35. The second-order valence-electron chi connectivity index (χ2n) is 7.56. The van der Waals surface area contributed by atoms with Gasteiger partial charge in [-0.3, -0.25) is 14.3 Å². The first-order valence-electron chi connectivity index (χ1n) is 7.88. The summed E-state index contributed by atoms with van der Waals surface area (Å²) in [7, 11) is -1.34. The van der Waals surface area contributed by atoms with Gasteiger partial charge in [0.15, 0.2) is 4.77 Å². The van der Waals surface area contributed by atoms with Crippen LogP contribution >= 0.6 is 12.2 Å². The van der Waals surface area contributed by atoms with Crippen molar-refractivity contribution >= 4 is 20.3 Å². The molecule has 1 aromatic heterocycles. The van der Waals surface area contributed by atoms with E-state index >= 15 is 0 Å². The minimum Gasteiger partial charge on any atom is -0.394 e. The third-order valence-electron chi connectivity index (χ3n) is 4.33. The van der Waals surface area contributed by atoms with Crippen molar-refractivity contribution in [2.75, 3.05) is 6.61 Å². The smallest absolute Gasteiger partial charge is 0.254 e. The van der Waals surface area contributed by atoms with Crippen molar-refractivity contribution in [3.05, 3.63) is 26.9 Å². The average molecular weight is 359 g/mol. The third-order valence-corrected chi connectivity index (χ3v) is 6.38. The molecule has 1 saturated heterocycles. The summed E-state index contributed by atoms with van der Waals surface area (Å²) >= 11 is 5.32. The Balaban J connectivity index is 2.49. The molecule has 23 heavy (non-hydrogen) atoms. The van der Waals surface area contributed by atoms with Gasteiger partial charge in [-0.1, -0.05) is 25.7 Å². The maximum Gasteiger partial charge on any atom is 0.254 e. The largest absolute Gasteiger partial charge is 0.394 e. The van der Waals surface area contributed by atoms with Gasteiger partial charge in [-0.15, -0.1) is 0 Å². The number of ether oxygens (including phenoxy) is 1. The van der Waals surface area contributed by atoms with Crippen LogP contribution in [0.4, 0.5) is 0 Å². The minimum absolute atomic E-state index is 0.219. The molecule has 1 aliphatic rings. The molecular weight excluding hydrogens is 332 g/mol. The summed E-state index contributed by atoms with van der Waals surface area (Å²) in [5.74, 6) is 0. The van der Waals surface area contributed by atoms with Gasteiger partial charge in [0, 0.05) is 26.3 Å². The lowest BCUT2D eigenvalue weighted by atomic mass is 10.0. The first-order valence-corrected chi connectivity index (χ1v) is 12.0. The average Bonchev–Trinajstić information content (AvgIpc) is 2.77. The lowest BCUT2D eigenvalue weighted by molar-refractivity contribution is -0.120. The van der Waals surface area contributed by atoms with Gasteiger partial charge in [0.1, 0.15) is 11.8 Å². The number of aliphatic hydroxyl groups excluding tert-OH is 2. The van der Waals surface area contributed by atoms with E-state index in [0.717, 1.165) is 6.04 Å². The monoisotopic (exact) mass is 358 g/mol. The summed E-state index contributed by atoms with van der Waals surface area (Å²) in [4.78, 5) is 14.4. The molecule has 3 N–H and O–H groups in total. The van der Waals surface area contributed by atoms with Crippen molar-refractivity contribution in [1.82, 2.24) is 9.55 Å². The number of nitrogens with zero attached hydrogens (tertiary/aromatic N) is 1. The first-order chi connectivity index (χ1) is 10.6. The quantitative estimate of drug-likeness (QED) is 0.551. The Morgan fingerprint density at radius 1 is 1.52 bits per heavy atom. The van der Waals surface area contributed by atoms with Gasteiger partial charge in [-0.05, 0) is 25.6 Å². The molecule has 0 spiro atoms. The molecule has 2 rings (SSSR count). The molecule has 2 heterocycles. The molecule has 3 atom stereocenters. The van der Waals surface area contributed by atoms with Crippen LogP contribution in [0.1, 0.15) is 18.4 Å². The van der Waals surface area contributed by atoms with E-state index in [4.69, 9.17) is 17.0 Å². The van der Waals surface area contributed by atoms with Gasteiger partial charge in [0.05, 0.1) is 12.7 Å². The predicted octanol–water partition coefficient (Wildman–Crippen LogP) is 1.74. The van der Waals surface area contributed by atoms with Crippen molar-refractivity contribution in [2.45, 2.75) is 63.4 Å². The van der Waals surface area contributed by atoms with Gasteiger partial charge in [-0.25, -0.2) is 0 Å². The van der Waals surface area contributed by atoms with E-state index in [0.29, 0.717) is 18.4 Å². The van der Waals surface area contributed by atoms with Crippen molar-refractivity contribution in [3.8, 4) is 0 Å². The third kappa shape index (κ3) is 4.00. The van der Waals surface area contributed by atoms with E-state index < -0.39 is 26.0 Å². The number of nitrogens with one attached hydrogen (secondary N) is 1. The zero-order chi connectivity index (χ0) is 17.4. The maximum absolute atomic E-state index is 11.8. The molecule has 1 fully saturated rings. The molecule has 130 valence electrons. The van der Waals surface area contributed by atoms with Gasteiger partial charge in [-0.2, -0.15) is 0 Å². The number of aliphatic hydroxyl groups is 2. The standard InChI is InChI=1S/C15H26N2O4SSi/c1-10-8-17(14(22)16-13(10)20)15(5-6-23(2,3)4)7-11(19)12(9-18)21-15/h8,11-12,18-19H,5-7,9H2,1-4H3,(H,16,20,22)/t11-,12+,15+/m0/s1. The molecule has 0 saturated carbocycles. The summed E-state index contributed by atoms with van der Waals surface area (Å²) in [5, 5.41) is 19.7. The number of aromatic amines is 1. The van der Waals surface area contributed by atoms with Crippen LogP contribution in [0.15, 0.2) is 11.0 Å². The number of hydrogen-bond acceptors (Lipinski definition) is 5. The van der Waals surface area contributed by atoms with Crippen LogP contribution in [0.5, 0.6) is 0 Å². The Bertz CT molecular complexity index is 681. The molecule has 0 unspecified atom stereocenters. The minimum atomic E-state index is -1.34. The first kappa shape index (κ1) is 18.5. The van der Waals surface area contributed by atoms with Crippen LogP contribution in [0, 0.1) is 11.7 Å². The van der Waals surface area contributed by atoms with Crippen molar-refractivity contribution < 1.29 is 14.9 Å². The van der Waals surface area contributed by atoms with E-state index in [1.807, 2.05) is 0 Å². The number of aromatic nitrogens is 2. The van der Waals surface area contributed by atoms with E-state index in [1.165, 1.54) is 0 Å². The highest BCUT2D eigenvalue weighted by Crippen LogP contribution is 2.40. The highest BCUT2D eigenvalue weighted by atomic mass is 32.1. The zero-order valence-corrected chi connectivity index (χ0v) is 15.9. The second kappa shape index (κ2) is 6.60. The Morgan fingerprint density at radius 2 is 2.17 bits per heavy atom. The molecule has 1 aliphatic heterocycles. The molecule has 0 radical (unpaired) electrons. The Labute approximate surface area is 142 Å². The number of H-pyrrole nitrogens is 1. The summed E-state index contributed by atoms with van der Waals surface area (Å²) in [6.07, 6.45) is 1.35. The SMILES string of the molecule is Cc1cn([C@@]2(CC[Si](C)(C)C)C[C@H](O)[C@@H](CO)O2)c(=S)[nH]c1=O. The van der Waals surface area contributed by atoms with Gasteiger partial charge in [0.25, 0.3) is 5.56 Å². The second-order valence-corrected chi connectivity index (χ2v) is 13.6. The van der Waals surface area contributed by atoms with Crippen LogP contribution < -0.4 is 5.56 Å². The lowest BCUT2D eigenvalue weighted by Crippen LogP contribution is -2.38. The van der Waals surface area contributed by atoms with E-state index in [9.17, 15) is 15.0 Å². The molecule has 0 amide bonds. The van der Waals surface area contributed by atoms with Crippen molar-refractivity contribution in [3.63, 3.8) is 0 Å². The van der Waals surface area contributed by atoms with Crippen molar-refractivity contribution in [1.29, 1.82) is 0 Å². The number of rotatable bonds is 5. The molecule has 0 aliphatic carbocycles. The van der Waals surface area contributed by atoms with Crippen LogP contribution in [0.25, 0.3) is 0 Å². The summed E-state index contributed by atoms with van der Waals surface area (Å²) in [5.41, 5.74) is -0.501. The van der Waals surface area contributed by atoms with Gasteiger partial charge < -0.3 is 14.9 Å². The fraction of sp³-hybridized carbons (Fsp3) is 0.733. The Kier molecular flexibility index (Phi) is 5.32. The summed E-state index contributed by atoms with van der Waals surface area (Å²) in [6.45, 7) is 8.28. The van der Waals surface area contributed by atoms with E-state index in [1.54, 1.807) is 17.7 Å². The molecular formula is C15H26N2O4SSi. The topological polar surface area (TPSA) is 87.5 Å². The Hall–Kier alpha value is -0.803. The summed E-state index contributed by atoms with van der Waals surface area (Å²) in [6, 6.07) is 0.984. The Morgan fingerprint density at radius 3 is 2.70 bits per heavy atom. The fourth-order valence-electron chi connectivity index (χ4n) is 2.90. The lowest BCUT2D eigenvalue weighted by Gasteiger charge is -2.34. The molecule has 6 nitrogen and oxygen atoms in total. The molecule has 0 aromatic carbocycles. The van der Waals surface area contributed by atoms with Gasteiger partial charge in [0.2, 0.25) is 0 Å². The van der Waals surface area contributed by atoms with Crippen molar-refractivity contribution in [2.24, 2.45) is 0 Å². The van der Waals surface area contributed by atoms with Crippen LogP contribution in [-0.2, 0) is 10.5 Å². The highest BCUT2D eigenvalue weighted by Gasteiger charge is 2.47. The molecule has 1 aromatic rings. The number of hydrogen-bond donors (Lipinski definition) is 3. The predicted molar refractivity (Wildman–Crippen MR) is 94.0 cm³/mol. The maximum atomic E-state index is 11.8. The van der Waals surface area contributed by atoms with Crippen LogP contribution in [-0.4, -0.2) is 46.7 Å². The van der Waals surface area contributed by atoms with E-state index in [-0.39, 0.29) is 16.9 Å². The van der Waals surface area contributed by atoms with Gasteiger partial charge >= 0.3 is 0 Å².